The number of thiocyanates is 1. The zero-order chi connectivity index (χ0) is 8.04. The molecule has 0 amide bonds. The van der Waals surface area contributed by atoms with Crippen molar-refractivity contribution in [2.75, 3.05) is 11.5 Å². The van der Waals surface area contributed by atoms with E-state index in [1.807, 2.05) is 0 Å². The van der Waals surface area contributed by atoms with Crippen LogP contribution in [-0.4, -0.2) is 24.5 Å². The lowest BCUT2D eigenvalue weighted by Crippen LogP contribution is -2.04. The highest BCUT2D eigenvalue weighted by atomic mass is 32.2. The van der Waals surface area contributed by atoms with Crippen LogP contribution >= 0.6 is 11.8 Å². The van der Waals surface area contributed by atoms with Crippen molar-refractivity contribution in [2.45, 2.75) is 6.42 Å². The molecular formula is C4H6NO3S2-. The van der Waals surface area contributed by atoms with Crippen LogP contribution in [0.2, 0.25) is 0 Å². The van der Waals surface area contributed by atoms with Gasteiger partial charge in [0.2, 0.25) is 0 Å². The second-order valence-corrected chi connectivity index (χ2v) is 3.96. The van der Waals surface area contributed by atoms with Gasteiger partial charge < -0.3 is 4.55 Å². The molecule has 0 saturated heterocycles. The smallest absolute Gasteiger partial charge is 0.133 e. The summed E-state index contributed by atoms with van der Waals surface area (Å²) in [5.74, 6) is 0.0274. The van der Waals surface area contributed by atoms with E-state index in [1.165, 1.54) is 0 Å². The van der Waals surface area contributed by atoms with E-state index in [2.05, 4.69) is 0 Å². The third-order valence-electron chi connectivity index (χ3n) is 0.705. The molecule has 10 heavy (non-hydrogen) atoms. The highest BCUT2D eigenvalue weighted by molar-refractivity contribution is 8.03. The van der Waals surface area contributed by atoms with Gasteiger partial charge in [0, 0.05) is 11.5 Å². The van der Waals surface area contributed by atoms with E-state index in [4.69, 9.17) is 5.26 Å². The first-order valence-corrected chi connectivity index (χ1v) is 5.07. The highest BCUT2D eigenvalue weighted by Gasteiger charge is 1.93. The van der Waals surface area contributed by atoms with Gasteiger partial charge in [0.25, 0.3) is 0 Å². The first kappa shape index (κ1) is 9.75. The van der Waals surface area contributed by atoms with Gasteiger partial charge in [-0.1, -0.05) is 0 Å². The van der Waals surface area contributed by atoms with Crippen molar-refractivity contribution in [3.63, 3.8) is 0 Å². The summed E-state index contributed by atoms with van der Waals surface area (Å²) in [6, 6.07) is 0. The summed E-state index contributed by atoms with van der Waals surface area (Å²) < 4.78 is 29.8. The maximum absolute atomic E-state index is 9.95. The lowest BCUT2D eigenvalue weighted by Gasteiger charge is -2.03. The van der Waals surface area contributed by atoms with Gasteiger partial charge in [-0.2, -0.15) is 5.26 Å². The molecule has 0 aliphatic rings. The van der Waals surface area contributed by atoms with Gasteiger partial charge in [0.05, 0.1) is 10.1 Å². The molecule has 0 atom stereocenters. The summed E-state index contributed by atoms with van der Waals surface area (Å²) in [6.07, 6.45) is 0.254. The monoisotopic (exact) mass is 180 g/mol. The minimum atomic E-state index is -4.08. The lowest BCUT2D eigenvalue weighted by atomic mass is 10.6. The molecule has 0 unspecified atom stereocenters. The number of rotatable bonds is 4. The Bertz CT molecular complexity index is 215. The summed E-state index contributed by atoms with van der Waals surface area (Å²) >= 11 is 0.951. The SMILES string of the molecule is N#CSCCCS(=O)(=O)[O-]. The highest BCUT2D eigenvalue weighted by Crippen LogP contribution is 1.99. The topological polar surface area (TPSA) is 81.0 Å². The third kappa shape index (κ3) is 7.75. The summed E-state index contributed by atoms with van der Waals surface area (Å²) in [6.45, 7) is 0. The van der Waals surface area contributed by atoms with Gasteiger partial charge in [0.15, 0.2) is 0 Å². The molecule has 0 N–H and O–H groups in total. The molecule has 0 rings (SSSR count). The summed E-state index contributed by atoms with van der Waals surface area (Å²) in [4.78, 5) is 0. The summed E-state index contributed by atoms with van der Waals surface area (Å²) in [5, 5.41) is 9.75. The second kappa shape index (κ2) is 4.55. The Morgan fingerprint density at radius 1 is 1.60 bits per heavy atom. The van der Waals surface area contributed by atoms with Crippen molar-refractivity contribution in [1.29, 1.82) is 5.26 Å². The number of nitriles is 1. The van der Waals surface area contributed by atoms with E-state index >= 15 is 0 Å². The molecule has 0 aromatic rings. The first-order chi connectivity index (χ1) is 4.56. The van der Waals surface area contributed by atoms with Gasteiger partial charge in [-0.3, -0.25) is 0 Å². The van der Waals surface area contributed by atoms with E-state index < -0.39 is 10.1 Å². The molecule has 58 valence electrons. The molecule has 0 aliphatic carbocycles. The predicted octanol–water partition coefficient (Wildman–Crippen LogP) is 0.136. The van der Waals surface area contributed by atoms with Gasteiger partial charge in [0.1, 0.15) is 5.40 Å². The molecule has 0 fully saturated rings. The van der Waals surface area contributed by atoms with Crippen LogP contribution in [-0.2, 0) is 10.1 Å². The van der Waals surface area contributed by atoms with Gasteiger partial charge >= 0.3 is 0 Å². The minimum Gasteiger partial charge on any atom is -0.748 e. The average Bonchev–Trinajstić information content (AvgIpc) is 1.78. The Morgan fingerprint density at radius 3 is 2.60 bits per heavy atom. The summed E-state index contributed by atoms with van der Waals surface area (Å²) in [7, 11) is -4.08. The molecule has 0 radical (unpaired) electrons. The molecule has 6 heteroatoms. The lowest BCUT2D eigenvalue weighted by molar-refractivity contribution is 0.462. The maximum atomic E-state index is 9.95. The fourth-order valence-electron chi connectivity index (χ4n) is 0.354. The number of thioether (sulfide) groups is 1. The first-order valence-electron chi connectivity index (χ1n) is 2.51. The second-order valence-electron chi connectivity index (χ2n) is 1.56. The van der Waals surface area contributed by atoms with Crippen LogP contribution < -0.4 is 0 Å². The normalized spacial score (nSPS) is 10.8. The quantitative estimate of drug-likeness (QED) is 0.349. The van der Waals surface area contributed by atoms with Crippen molar-refractivity contribution in [3.8, 4) is 5.40 Å². The van der Waals surface area contributed by atoms with Gasteiger partial charge in [-0.15, -0.1) is 0 Å². The average molecular weight is 180 g/mol. The molecular weight excluding hydrogens is 174 g/mol. The standard InChI is InChI=1S/C4H7NO3S2/c5-4-9-2-1-3-10(6,7)8/h1-3H2,(H,6,7,8)/p-1. The fourth-order valence-corrected chi connectivity index (χ4v) is 1.41. The molecule has 0 heterocycles. The minimum absolute atomic E-state index is 0.254. The third-order valence-corrected chi connectivity index (χ3v) is 2.12. The van der Waals surface area contributed by atoms with Crippen LogP contribution in [0.4, 0.5) is 0 Å². The van der Waals surface area contributed by atoms with Crippen molar-refractivity contribution in [2.24, 2.45) is 0 Å². The van der Waals surface area contributed by atoms with Crippen LogP contribution in [0.1, 0.15) is 6.42 Å². The van der Waals surface area contributed by atoms with Crippen molar-refractivity contribution in [3.05, 3.63) is 0 Å². The summed E-state index contributed by atoms with van der Waals surface area (Å²) in [5.41, 5.74) is 0. The van der Waals surface area contributed by atoms with Gasteiger partial charge in [-0.05, 0) is 18.2 Å². The molecule has 0 spiro atoms. The van der Waals surface area contributed by atoms with Crippen LogP contribution in [0.25, 0.3) is 0 Å². The molecule has 0 aromatic heterocycles. The Hall–Kier alpha value is -0.250. The van der Waals surface area contributed by atoms with Crippen molar-refractivity contribution >= 4 is 21.9 Å². The van der Waals surface area contributed by atoms with E-state index in [0.29, 0.717) is 5.75 Å². The predicted molar refractivity (Wildman–Crippen MR) is 37.3 cm³/mol. The van der Waals surface area contributed by atoms with E-state index in [-0.39, 0.29) is 12.2 Å². The van der Waals surface area contributed by atoms with Crippen molar-refractivity contribution in [1.82, 2.24) is 0 Å². The molecule has 0 aromatic carbocycles. The maximum Gasteiger partial charge on any atom is 0.133 e. The van der Waals surface area contributed by atoms with Crippen molar-refractivity contribution < 1.29 is 13.0 Å². The molecule has 0 saturated carbocycles. The zero-order valence-electron chi connectivity index (χ0n) is 5.11. The number of hydrogen-bond donors (Lipinski definition) is 0. The number of hydrogen-bond acceptors (Lipinski definition) is 5. The Balaban J connectivity index is 3.32. The fraction of sp³-hybridized carbons (Fsp3) is 0.750. The Labute approximate surface area is 64.0 Å². The molecule has 4 nitrogen and oxygen atoms in total. The van der Waals surface area contributed by atoms with E-state index in [1.54, 1.807) is 5.40 Å². The Kier molecular flexibility index (Phi) is 4.43. The molecule has 0 aliphatic heterocycles. The number of nitrogens with zero attached hydrogens (tertiary/aromatic N) is 1. The molecule has 0 bridgehead atoms. The van der Waals surface area contributed by atoms with Gasteiger partial charge in [-0.25, -0.2) is 8.42 Å². The van der Waals surface area contributed by atoms with Crippen LogP contribution in [0.15, 0.2) is 0 Å². The van der Waals surface area contributed by atoms with E-state index in [9.17, 15) is 13.0 Å². The largest absolute Gasteiger partial charge is 0.748 e. The van der Waals surface area contributed by atoms with Crippen LogP contribution in [0.3, 0.4) is 0 Å². The van der Waals surface area contributed by atoms with Crippen LogP contribution in [0, 0.1) is 10.7 Å². The van der Waals surface area contributed by atoms with Crippen LogP contribution in [0.5, 0.6) is 0 Å². The zero-order valence-corrected chi connectivity index (χ0v) is 6.74. The Morgan fingerprint density at radius 2 is 2.20 bits per heavy atom. The van der Waals surface area contributed by atoms with E-state index in [0.717, 1.165) is 11.8 Å².